The summed E-state index contributed by atoms with van der Waals surface area (Å²) in [6.45, 7) is 0. The number of aromatic nitrogens is 1. The lowest BCUT2D eigenvalue weighted by molar-refractivity contribution is 0.109. The summed E-state index contributed by atoms with van der Waals surface area (Å²) in [7, 11) is 0. The Kier molecular flexibility index (Phi) is 2.85. The highest BCUT2D eigenvalue weighted by molar-refractivity contribution is 5.72. The van der Waals surface area contributed by atoms with Crippen LogP contribution in [0, 0.1) is 5.92 Å². The Morgan fingerprint density at radius 3 is 2.88 bits per heavy atom. The molecule has 0 aliphatic heterocycles. The molecule has 1 aromatic heterocycles. The molecule has 0 bridgehead atoms. The molecule has 0 unspecified atom stereocenters. The minimum Gasteiger partial charge on any atom is -0.443 e. The summed E-state index contributed by atoms with van der Waals surface area (Å²) in [5.74, 6) is 0.707. The number of hydrogen-bond acceptors (Lipinski definition) is 3. The fourth-order valence-corrected chi connectivity index (χ4v) is 2.71. The van der Waals surface area contributed by atoms with E-state index in [1.165, 1.54) is 12.0 Å². The second-order valence-corrected chi connectivity index (χ2v) is 5.03. The first-order valence-electron chi connectivity index (χ1n) is 6.31. The highest BCUT2D eigenvalue weighted by Crippen LogP contribution is 2.28. The first kappa shape index (κ1) is 10.8. The normalized spacial score (nSPS) is 25.2. The molecule has 0 amide bonds. The molecule has 90 valence electrons. The number of aliphatic hydroxyl groups excluding tert-OH is 1. The van der Waals surface area contributed by atoms with Crippen LogP contribution in [0.3, 0.4) is 0 Å². The van der Waals surface area contributed by atoms with Gasteiger partial charge in [0.15, 0.2) is 12.0 Å². The zero-order valence-corrected chi connectivity index (χ0v) is 9.80. The zero-order chi connectivity index (χ0) is 11.7. The Morgan fingerprint density at radius 1 is 1.24 bits per heavy atom. The Morgan fingerprint density at radius 2 is 2.06 bits per heavy atom. The van der Waals surface area contributed by atoms with Gasteiger partial charge in [0.25, 0.3) is 0 Å². The minimum absolute atomic E-state index is 0.0667. The summed E-state index contributed by atoms with van der Waals surface area (Å²) < 4.78 is 5.31. The van der Waals surface area contributed by atoms with E-state index < -0.39 is 0 Å². The van der Waals surface area contributed by atoms with Gasteiger partial charge in [-0.1, -0.05) is 6.07 Å². The van der Waals surface area contributed by atoms with Crippen molar-refractivity contribution in [2.24, 2.45) is 5.92 Å². The predicted molar refractivity (Wildman–Crippen MR) is 65.7 cm³/mol. The lowest BCUT2D eigenvalue weighted by atomic mass is 9.83. The molecule has 1 aromatic carbocycles. The fraction of sp³-hybridized carbons (Fsp3) is 0.500. The van der Waals surface area contributed by atoms with Crippen LogP contribution in [0.25, 0.3) is 11.1 Å². The monoisotopic (exact) mass is 231 g/mol. The molecule has 1 heterocycles. The molecule has 17 heavy (non-hydrogen) atoms. The van der Waals surface area contributed by atoms with Crippen LogP contribution in [0.15, 0.2) is 29.0 Å². The Hall–Kier alpha value is -1.35. The predicted octanol–water partition coefficient (Wildman–Crippen LogP) is 2.92. The smallest absolute Gasteiger partial charge is 0.181 e. The van der Waals surface area contributed by atoms with E-state index in [9.17, 15) is 5.11 Å². The molecule has 0 spiro atoms. The van der Waals surface area contributed by atoms with Gasteiger partial charge in [-0.15, -0.1) is 0 Å². The van der Waals surface area contributed by atoms with E-state index in [2.05, 4.69) is 17.1 Å². The number of rotatable bonds is 2. The van der Waals surface area contributed by atoms with E-state index in [1.807, 2.05) is 6.07 Å². The summed E-state index contributed by atoms with van der Waals surface area (Å²) in [6.07, 6.45) is 6.69. The number of hydrogen-bond donors (Lipinski definition) is 1. The van der Waals surface area contributed by atoms with Crippen molar-refractivity contribution in [2.75, 3.05) is 0 Å². The van der Waals surface area contributed by atoms with Gasteiger partial charge in [0, 0.05) is 0 Å². The van der Waals surface area contributed by atoms with Crippen molar-refractivity contribution in [3.05, 3.63) is 30.2 Å². The van der Waals surface area contributed by atoms with Crippen LogP contribution >= 0.6 is 0 Å². The second-order valence-electron chi connectivity index (χ2n) is 5.03. The van der Waals surface area contributed by atoms with E-state index in [-0.39, 0.29) is 6.10 Å². The summed E-state index contributed by atoms with van der Waals surface area (Å²) >= 11 is 0. The molecule has 3 heteroatoms. The molecule has 1 aliphatic carbocycles. The van der Waals surface area contributed by atoms with Crippen molar-refractivity contribution in [3.63, 3.8) is 0 Å². The van der Waals surface area contributed by atoms with Crippen molar-refractivity contribution >= 4 is 11.1 Å². The first-order valence-corrected chi connectivity index (χ1v) is 6.31. The van der Waals surface area contributed by atoms with Gasteiger partial charge in [0.05, 0.1) is 6.10 Å². The number of nitrogens with zero attached hydrogens (tertiary/aromatic N) is 1. The SMILES string of the molecule is OC1CCC(Cc2ccc3ncoc3c2)CC1. The molecule has 1 N–H and O–H groups in total. The van der Waals surface area contributed by atoms with E-state index in [0.29, 0.717) is 5.92 Å². The third-order valence-corrected chi connectivity index (χ3v) is 3.74. The first-order chi connectivity index (χ1) is 8.31. The summed E-state index contributed by atoms with van der Waals surface area (Å²) in [6, 6.07) is 6.25. The molecule has 0 saturated heterocycles. The maximum absolute atomic E-state index is 9.48. The Bertz CT molecular complexity index is 498. The lowest BCUT2D eigenvalue weighted by Crippen LogP contribution is -2.19. The molecule has 0 atom stereocenters. The van der Waals surface area contributed by atoms with Crippen molar-refractivity contribution in [1.82, 2.24) is 4.98 Å². The Balaban J connectivity index is 1.71. The standard InChI is InChI=1S/C14H17NO2/c16-12-4-1-10(2-5-12)7-11-3-6-13-14(8-11)17-9-15-13/h3,6,8-10,12,16H,1-2,4-5,7H2. The number of fused-ring (bicyclic) bond motifs is 1. The molecular formula is C14H17NO2. The van der Waals surface area contributed by atoms with Gasteiger partial charge in [-0.3, -0.25) is 0 Å². The van der Waals surface area contributed by atoms with Gasteiger partial charge in [-0.05, 0) is 55.7 Å². The van der Waals surface area contributed by atoms with E-state index in [1.54, 1.807) is 0 Å². The molecule has 0 radical (unpaired) electrons. The number of benzene rings is 1. The van der Waals surface area contributed by atoms with Gasteiger partial charge in [0.2, 0.25) is 0 Å². The van der Waals surface area contributed by atoms with E-state index in [0.717, 1.165) is 43.2 Å². The number of oxazole rings is 1. The van der Waals surface area contributed by atoms with Gasteiger partial charge >= 0.3 is 0 Å². The largest absolute Gasteiger partial charge is 0.443 e. The van der Waals surface area contributed by atoms with Gasteiger partial charge in [-0.25, -0.2) is 4.98 Å². The molecule has 2 aromatic rings. The molecule has 1 fully saturated rings. The van der Waals surface area contributed by atoms with Gasteiger partial charge < -0.3 is 9.52 Å². The highest BCUT2D eigenvalue weighted by Gasteiger charge is 2.19. The van der Waals surface area contributed by atoms with Crippen LogP contribution in [-0.2, 0) is 6.42 Å². The summed E-state index contributed by atoms with van der Waals surface area (Å²) in [5.41, 5.74) is 3.11. The summed E-state index contributed by atoms with van der Waals surface area (Å²) in [4.78, 5) is 4.12. The van der Waals surface area contributed by atoms with Crippen molar-refractivity contribution in [2.45, 2.75) is 38.2 Å². The summed E-state index contributed by atoms with van der Waals surface area (Å²) in [5, 5.41) is 9.48. The van der Waals surface area contributed by atoms with Gasteiger partial charge in [0.1, 0.15) is 5.52 Å². The molecule has 3 rings (SSSR count). The molecule has 1 aliphatic rings. The molecular weight excluding hydrogens is 214 g/mol. The average Bonchev–Trinajstić information content (AvgIpc) is 2.79. The second kappa shape index (κ2) is 4.49. The minimum atomic E-state index is -0.0667. The highest BCUT2D eigenvalue weighted by atomic mass is 16.3. The third-order valence-electron chi connectivity index (χ3n) is 3.74. The fourth-order valence-electron chi connectivity index (χ4n) is 2.71. The average molecular weight is 231 g/mol. The molecule has 1 saturated carbocycles. The van der Waals surface area contributed by atoms with Crippen molar-refractivity contribution in [3.8, 4) is 0 Å². The van der Waals surface area contributed by atoms with Crippen LogP contribution in [0.4, 0.5) is 0 Å². The molecule has 3 nitrogen and oxygen atoms in total. The Labute approximate surface area is 100 Å². The quantitative estimate of drug-likeness (QED) is 0.864. The number of aliphatic hydroxyl groups is 1. The van der Waals surface area contributed by atoms with Crippen LogP contribution < -0.4 is 0 Å². The topological polar surface area (TPSA) is 46.3 Å². The maximum atomic E-state index is 9.48. The zero-order valence-electron chi connectivity index (χ0n) is 9.80. The lowest BCUT2D eigenvalue weighted by Gasteiger charge is -2.25. The van der Waals surface area contributed by atoms with Crippen molar-refractivity contribution in [1.29, 1.82) is 0 Å². The van der Waals surface area contributed by atoms with Crippen LogP contribution in [0.2, 0.25) is 0 Å². The van der Waals surface area contributed by atoms with Crippen LogP contribution in [-0.4, -0.2) is 16.2 Å². The van der Waals surface area contributed by atoms with Crippen molar-refractivity contribution < 1.29 is 9.52 Å². The third kappa shape index (κ3) is 2.34. The van der Waals surface area contributed by atoms with Crippen LogP contribution in [0.1, 0.15) is 31.2 Å². The van der Waals surface area contributed by atoms with E-state index >= 15 is 0 Å². The van der Waals surface area contributed by atoms with Crippen LogP contribution in [0.5, 0.6) is 0 Å². The maximum Gasteiger partial charge on any atom is 0.181 e. The van der Waals surface area contributed by atoms with E-state index in [4.69, 9.17) is 4.42 Å². The van der Waals surface area contributed by atoms with Gasteiger partial charge in [-0.2, -0.15) is 0 Å².